The lowest BCUT2D eigenvalue weighted by Gasteiger charge is -2.22. The summed E-state index contributed by atoms with van der Waals surface area (Å²) >= 11 is 0. The van der Waals surface area contributed by atoms with Gasteiger partial charge in [0.05, 0.1) is 4.75 Å². The van der Waals surface area contributed by atoms with Gasteiger partial charge in [0.15, 0.2) is 9.84 Å². The molecule has 1 saturated carbocycles. The summed E-state index contributed by atoms with van der Waals surface area (Å²) in [5.74, 6) is 0.757. The van der Waals surface area contributed by atoms with Gasteiger partial charge in [-0.2, -0.15) is 0 Å². The predicted octanol–water partition coefficient (Wildman–Crippen LogP) is 2.48. The molecule has 0 radical (unpaired) electrons. The second-order valence-electron chi connectivity index (χ2n) is 6.15. The Balaban J connectivity index is 1.91. The van der Waals surface area contributed by atoms with E-state index in [1.54, 1.807) is 13.8 Å². The molecule has 4 heteroatoms. The molecule has 0 spiro atoms. The average molecular weight is 281 g/mol. The van der Waals surface area contributed by atoms with Crippen molar-refractivity contribution in [2.75, 3.05) is 12.8 Å². The summed E-state index contributed by atoms with van der Waals surface area (Å²) in [6, 6.07) is 8.60. The van der Waals surface area contributed by atoms with Gasteiger partial charge in [-0.15, -0.1) is 0 Å². The summed E-state index contributed by atoms with van der Waals surface area (Å²) in [4.78, 5) is 0. The summed E-state index contributed by atoms with van der Waals surface area (Å²) in [5, 5.41) is 3.26. The van der Waals surface area contributed by atoms with Crippen molar-refractivity contribution < 1.29 is 8.42 Å². The van der Waals surface area contributed by atoms with Crippen LogP contribution in [0.4, 0.5) is 0 Å². The van der Waals surface area contributed by atoms with Gasteiger partial charge in [-0.25, -0.2) is 8.42 Å². The molecule has 0 amide bonds. The second kappa shape index (κ2) is 5.25. The minimum absolute atomic E-state index is 0.472. The maximum Gasteiger partial charge on any atom is 0.153 e. The standard InChI is InChI=1S/C15H23NO2S/c1-15(2,19(3,17)18)11-16-10-12-5-4-6-14(9-12)13-7-8-13/h4-6,9,13,16H,7-8,10-11H2,1-3H3. The highest BCUT2D eigenvalue weighted by Gasteiger charge is 2.29. The van der Waals surface area contributed by atoms with E-state index < -0.39 is 14.6 Å². The normalized spacial score (nSPS) is 16.6. The number of benzene rings is 1. The van der Waals surface area contributed by atoms with E-state index in [1.807, 2.05) is 0 Å². The van der Waals surface area contributed by atoms with Crippen molar-refractivity contribution in [1.29, 1.82) is 0 Å². The van der Waals surface area contributed by atoms with Gasteiger partial charge in [-0.1, -0.05) is 24.3 Å². The molecule has 1 aromatic rings. The first-order valence-electron chi connectivity index (χ1n) is 6.79. The highest BCUT2D eigenvalue weighted by atomic mass is 32.2. The first-order valence-corrected chi connectivity index (χ1v) is 8.68. The molecular weight excluding hydrogens is 258 g/mol. The summed E-state index contributed by atoms with van der Waals surface area (Å²) in [7, 11) is -3.03. The maximum atomic E-state index is 11.6. The van der Waals surface area contributed by atoms with Gasteiger partial charge >= 0.3 is 0 Å². The molecule has 0 bridgehead atoms. The fourth-order valence-electron chi connectivity index (χ4n) is 2.01. The van der Waals surface area contributed by atoms with Crippen LogP contribution in [0.25, 0.3) is 0 Å². The number of sulfone groups is 1. The first kappa shape index (κ1) is 14.5. The Morgan fingerprint density at radius 2 is 2.00 bits per heavy atom. The molecule has 3 nitrogen and oxygen atoms in total. The molecule has 0 heterocycles. The van der Waals surface area contributed by atoms with E-state index in [0.29, 0.717) is 6.54 Å². The molecule has 0 aromatic heterocycles. The van der Waals surface area contributed by atoms with Crippen LogP contribution in [-0.2, 0) is 16.4 Å². The second-order valence-corrected chi connectivity index (χ2v) is 8.80. The third kappa shape index (κ3) is 3.80. The summed E-state index contributed by atoms with van der Waals surface area (Å²) in [6.07, 6.45) is 3.90. The molecule has 0 atom stereocenters. The smallest absolute Gasteiger partial charge is 0.153 e. The Morgan fingerprint density at radius 1 is 1.32 bits per heavy atom. The van der Waals surface area contributed by atoms with Crippen LogP contribution in [0.5, 0.6) is 0 Å². The summed E-state index contributed by atoms with van der Waals surface area (Å²) < 4.78 is 22.5. The number of hydrogen-bond donors (Lipinski definition) is 1. The molecular formula is C15H23NO2S. The lowest BCUT2D eigenvalue weighted by molar-refractivity contribution is 0.521. The molecule has 1 aliphatic rings. The van der Waals surface area contributed by atoms with E-state index in [2.05, 4.69) is 29.6 Å². The Kier molecular flexibility index (Phi) is 4.02. The van der Waals surface area contributed by atoms with Crippen LogP contribution in [0.2, 0.25) is 0 Å². The lowest BCUT2D eigenvalue weighted by Crippen LogP contribution is -2.41. The molecule has 1 fully saturated rings. The number of nitrogens with one attached hydrogen (secondary N) is 1. The third-order valence-corrected chi connectivity index (χ3v) is 6.04. The van der Waals surface area contributed by atoms with Crippen LogP contribution in [-0.4, -0.2) is 26.0 Å². The highest BCUT2D eigenvalue weighted by molar-refractivity contribution is 7.92. The van der Waals surface area contributed by atoms with Crippen LogP contribution in [0.15, 0.2) is 24.3 Å². The van der Waals surface area contributed by atoms with E-state index in [4.69, 9.17) is 0 Å². The zero-order valence-electron chi connectivity index (χ0n) is 11.9. The van der Waals surface area contributed by atoms with Gasteiger partial charge in [0.25, 0.3) is 0 Å². The zero-order valence-corrected chi connectivity index (χ0v) is 12.8. The Labute approximate surface area is 116 Å². The fourth-order valence-corrected chi connectivity index (χ4v) is 2.38. The van der Waals surface area contributed by atoms with Crippen LogP contribution < -0.4 is 5.32 Å². The van der Waals surface area contributed by atoms with Crippen LogP contribution in [0.3, 0.4) is 0 Å². The van der Waals surface area contributed by atoms with E-state index in [1.165, 1.54) is 30.2 Å². The lowest BCUT2D eigenvalue weighted by atomic mass is 10.1. The average Bonchev–Trinajstić information content (AvgIpc) is 3.11. The van der Waals surface area contributed by atoms with Gasteiger partial charge in [-0.3, -0.25) is 0 Å². The first-order chi connectivity index (χ1) is 8.79. The van der Waals surface area contributed by atoms with Crippen molar-refractivity contribution >= 4 is 9.84 Å². The van der Waals surface area contributed by atoms with Crippen molar-refractivity contribution in [2.24, 2.45) is 0 Å². The number of rotatable bonds is 6. The van der Waals surface area contributed by atoms with Gasteiger partial charge in [0, 0.05) is 19.3 Å². The largest absolute Gasteiger partial charge is 0.311 e. The third-order valence-electron chi connectivity index (χ3n) is 3.88. The Bertz CT molecular complexity index is 545. The van der Waals surface area contributed by atoms with E-state index >= 15 is 0 Å². The SMILES string of the molecule is CC(C)(CNCc1cccc(C2CC2)c1)S(C)(=O)=O. The zero-order chi connectivity index (χ0) is 14.1. The number of hydrogen-bond acceptors (Lipinski definition) is 3. The van der Waals surface area contributed by atoms with Crippen molar-refractivity contribution in [3.8, 4) is 0 Å². The van der Waals surface area contributed by atoms with Gasteiger partial charge < -0.3 is 5.32 Å². The van der Waals surface area contributed by atoms with Crippen molar-refractivity contribution in [3.05, 3.63) is 35.4 Å². The monoisotopic (exact) mass is 281 g/mol. The van der Waals surface area contributed by atoms with Crippen molar-refractivity contribution in [3.63, 3.8) is 0 Å². The molecule has 0 aliphatic heterocycles. The van der Waals surface area contributed by atoms with Gasteiger partial charge in [0.1, 0.15) is 0 Å². The molecule has 2 rings (SSSR count). The van der Waals surface area contributed by atoms with Crippen LogP contribution in [0.1, 0.15) is 43.7 Å². The topological polar surface area (TPSA) is 46.2 Å². The van der Waals surface area contributed by atoms with Gasteiger partial charge in [-0.05, 0) is 43.7 Å². The van der Waals surface area contributed by atoms with Crippen LogP contribution >= 0.6 is 0 Å². The molecule has 0 saturated heterocycles. The van der Waals surface area contributed by atoms with Crippen molar-refractivity contribution in [1.82, 2.24) is 5.32 Å². The Morgan fingerprint density at radius 3 is 2.58 bits per heavy atom. The predicted molar refractivity (Wildman–Crippen MR) is 79.0 cm³/mol. The van der Waals surface area contributed by atoms with Crippen molar-refractivity contribution in [2.45, 2.75) is 43.9 Å². The summed E-state index contributed by atoms with van der Waals surface area (Å²) in [5.41, 5.74) is 2.65. The molecule has 106 valence electrons. The minimum atomic E-state index is -3.03. The minimum Gasteiger partial charge on any atom is -0.311 e. The molecule has 0 unspecified atom stereocenters. The quantitative estimate of drug-likeness (QED) is 0.871. The van der Waals surface area contributed by atoms with E-state index in [-0.39, 0.29) is 0 Å². The Hall–Kier alpha value is -0.870. The van der Waals surface area contributed by atoms with E-state index in [9.17, 15) is 8.42 Å². The van der Waals surface area contributed by atoms with Gasteiger partial charge in [0.2, 0.25) is 0 Å². The molecule has 19 heavy (non-hydrogen) atoms. The maximum absolute atomic E-state index is 11.6. The molecule has 1 N–H and O–H groups in total. The molecule has 1 aromatic carbocycles. The fraction of sp³-hybridized carbons (Fsp3) is 0.600. The molecule has 1 aliphatic carbocycles. The highest BCUT2D eigenvalue weighted by Crippen LogP contribution is 2.40. The van der Waals surface area contributed by atoms with E-state index in [0.717, 1.165) is 12.5 Å². The summed E-state index contributed by atoms with van der Waals surface area (Å²) in [6.45, 7) is 4.71. The van der Waals surface area contributed by atoms with Crippen LogP contribution in [0, 0.1) is 0 Å².